The van der Waals surface area contributed by atoms with Crippen molar-refractivity contribution in [1.29, 1.82) is 0 Å². The van der Waals surface area contributed by atoms with Crippen LogP contribution in [0.5, 0.6) is 0 Å². The molecule has 0 fully saturated rings. The van der Waals surface area contributed by atoms with Gasteiger partial charge in [0.1, 0.15) is 7.05 Å². The largest absolute Gasteiger partial charge is 0.398 e. The van der Waals surface area contributed by atoms with Crippen molar-refractivity contribution in [2.45, 2.75) is 25.7 Å². The van der Waals surface area contributed by atoms with E-state index >= 15 is 0 Å². The summed E-state index contributed by atoms with van der Waals surface area (Å²) in [7, 11) is 2.16. The van der Waals surface area contributed by atoms with E-state index in [0.717, 1.165) is 12.1 Å². The summed E-state index contributed by atoms with van der Waals surface area (Å²) < 4.78 is 2.32. The van der Waals surface area contributed by atoms with E-state index in [1.54, 1.807) is 0 Å². The summed E-state index contributed by atoms with van der Waals surface area (Å²) >= 11 is 0. The Kier molecular flexibility index (Phi) is 2.10. The number of nitrogens with two attached hydrogens (primary N) is 1. The Morgan fingerprint density at radius 2 is 1.88 bits per heavy atom. The van der Waals surface area contributed by atoms with Gasteiger partial charge in [0, 0.05) is 18.1 Å². The molecule has 0 amide bonds. The molecule has 0 saturated heterocycles. The first-order valence-corrected chi connectivity index (χ1v) is 5.97. The number of pyridine rings is 1. The van der Waals surface area contributed by atoms with Gasteiger partial charge in [-0.25, -0.2) is 0 Å². The molecule has 2 nitrogen and oxygen atoms in total. The zero-order chi connectivity index (χ0) is 11.1. The normalized spacial score (nSPS) is 15.1. The van der Waals surface area contributed by atoms with E-state index in [1.807, 2.05) is 0 Å². The Labute approximate surface area is 95.7 Å². The van der Waals surface area contributed by atoms with Crippen LogP contribution in [0.25, 0.3) is 10.9 Å². The number of aryl methyl sites for hydroxylation is 1. The number of para-hydroxylation sites is 1. The highest BCUT2D eigenvalue weighted by atomic mass is 14.9. The Morgan fingerprint density at radius 1 is 1.12 bits per heavy atom. The third-order valence-corrected chi connectivity index (χ3v) is 3.72. The molecule has 16 heavy (non-hydrogen) atoms. The lowest BCUT2D eigenvalue weighted by atomic mass is 9.92. The van der Waals surface area contributed by atoms with Gasteiger partial charge in [0.15, 0.2) is 5.69 Å². The Morgan fingerprint density at radius 3 is 2.75 bits per heavy atom. The fourth-order valence-electron chi connectivity index (χ4n) is 2.85. The van der Waals surface area contributed by atoms with E-state index in [-0.39, 0.29) is 0 Å². The highest BCUT2D eigenvalue weighted by molar-refractivity contribution is 5.89. The van der Waals surface area contributed by atoms with Gasteiger partial charge in [0.05, 0.1) is 11.1 Å². The summed E-state index contributed by atoms with van der Waals surface area (Å²) in [4.78, 5) is 0. The van der Waals surface area contributed by atoms with Gasteiger partial charge >= 0.3 is 0 Å². The SMILES string of the molecule is C[n+]1c2c(c(N)c3ccccc31)CCCC2. The highest BCUT2D eigenvalue weighted by Crippen LogP contribution is 2.29. The number of rotatable bonds is 0. The van der Waals surface area contributed by atoms with Crippen molar-refractivity contribution in [3.63, 3.8) is 0 Å². The molecule has 2 heteroatoms. The van der Waals surface area contributed by atoms with Crippen LogP contribution in [0, 0.1) is 0 Å². The lowest BCUT2D eigenvalue weighted by Gasteiger charge is -2.17. The second-order valence-electron chi connectivity index (χ2n) is 4.62. The number of nitrogen functional groups attached to an aromatic ring is 1. The maximum atomic E-state index is 6.30. The minimum Gasteiger partial charge on any atom is -0.398 e. The van der Waals surface area contributed by atoms with Gasteiger partial charge in [-0.2, -0.15) is 4.57 Å². The molecule has 1 aromatic carbocycles. The van der Waals surface area contributed by atoms with Gasteiger partial charge < -0.3 is 5.73 Å². The molecular formula is C14H17N2+. The first-order valence-electron chi connectivity index (χ1n) is 5.97. The molecule has 0 spiro atoms. The number of aromatic nitrogens is 1. The molecule has 1 aromatic heterocycles. The zero-order valence-corrected chi connectivity index (χ0v) is 9.66. The summed E-state index contributed by atoms with van der Waals surface area (Å²) in [5.74, 6) is 0. The van der Waals surface area contributed by atoms with Crippen molar-refractivity contribution in [1.82, 2.24) is 0 Å². The summed E-state index contributed by atoms with van der Waals surface area (Å²) in [6.45, 7) is 0. The van der Waals surface area contributed by atoms with E-state index in [1.165, 1.54) is 41.4 Å². The molecule has 0 atom stereocenters. The second kappa shape index (κ2) is 3.48. The van der Waals surface area contributed by atoms with E-state index in [2.05, 4.69) is 35.9 Å². The number of benzene rings is 1. The average Bonchev–Trinajstić information content (AvgIpc) is 2.36. The standard InChI is InChI=1S/C14H16N2/c1-16-12-8-4-2-6-10(12)14(15)11-7-3-5-9-13(11)16/h2,4,6,8,15H,3,5,7,9H2,1H3/p+1. The third kappa shape index (κ3) is 1.22. The first kappa shape index (κ1) is 9.64. The first-order chi connectivity index (χ1) is 7.79. The molecule has 1 heterocycles. The molecule has 0 radical (unpaired) electrons. The fourth-order valence-corrected chi connectivity index (χ4v) is 2.85. The summed E-state index contributed by atoms with van der Waals surface area (Å²) in [5.41, 5.74) is 11.4. The van der Waals surface area contributed by atoms with Gasteiger partial charge in [-0.15, -0.1) is 0 Å². The number of hydrogen-bond donors (Lipinski definition) is 1. The Bertz CT molecular complexity index is 508. The quantitative estimate of drug-likeness (QED) is 0.667. The summed E-state index contributed by atoms with van der Waals surface area (Å²) in [5, 5.41) is 1.20. The van der Waals surface area contributed by atoms with E-state index in [9.17, 15) is 0 Å². The Hall–Kier alpha value is -1.57. The number of hydrogen-bond acceptors (Lipinski definition) is 1. The lowest BCUT2D eigenvalue weighted by molar-refractivity contribution is -0.653. The molecule has 3 rings (SSSR count). The van der Waals surface area contributed by atoms with Crippen LogP contribution < -0.4 is 10.3 Å². The molecule has 0 saturated carbocycles. The molecule has 82 valence electrons. The smallest absolute Gasteiger partial charge is 0.214 e. The van der Waals surface area contributed by atoms with Crippen LogP contribution >= 0.6 is 0 Å². The predicted octanol–water partition coefficient (Wildman–Crippen LogP) is 2.13. The number of nitrogens with zero attached hydrogens (tertiary/aromatic N) is 1. The minimum atomic E-state index is 1.00. The van der Waals surface area contributed by atoms with Gasteiger partial charge in [-0.3, -0.25) is 0 Å². The molecule has 1 aliphatic carbocycles. The van der Waals surface area contributed by atoms with Crippen molar-refractivity contribution in [2.75, 3.05) is 5.73 Å². The molecule has 2 aromatic rings. The predicted molar refractivity (Wildman–Crippen MR) is 66.2 cm³/mol. The van der Waals surface area contributed by atoms with Crippen LogP contribution in [0.3, 0.4) is 0 Å². The average molecular weight is 213 g/mol. The maximum absolute atomic E-state index is 6.30. The molecule has 1 aliphatic rings. The molecule has 0 bridgehead atoms. The van der Waals surface area contributed by atoms with Gasteiger partial charge in [-0.05, 0) is 25.3 Å². The van der Waals surface area contributed by atoms with E-state index in [0.29, 0.717) is 0 Å². The van der Waals surface area contributed by atoms with Crippen LogP contribution in [0.4, 0.5) is 5.69 Å². The summed E-state index contributed by atoms with van der Waals surface area (Å²) in [6, 6.07) is 8.42. The molecule has 2 N–H and O–H groups in total. The van der Waals surface area contributed by atoms with Crippen molar-refractivity contribution >= 4 is 16.6 Å². The van der Waals surface area contributed by atoms with Crippen LogP contribution in [0.1, 0.15) is 24.1 Å². The Balaban J connectivity index is 2.44. The van der Waals surface area contributed by atoms with Crippen molar-refractivity contribution < 1.29 is 4.57 Å². The topological polar surface area (TPSA) is 29.9 Å². The molecule has 0 unspecified atom stereocenters. The van der Waals surface area contributed by atoms with Crippen molar-refractivity contribution in [3.8, 4) is 0 Å². The van der Waals surface area contributed by atoms with Crippen LogP contribution in [0.2, 0.25) is 0 Å². The number of fused-ring (bicyclic) bond motifs is 2. The fraction of sp³-hybridized carbons (Fsp3) is 0.357. The highest BCUT2D eigenvalue weighted by Gasteiger charge is 2.24. The van der Waals surface area contributed by atoms with E-state index < -0.39 is 0 Å². The van der Waals surface area contributed by atoms with Gasteiger partial charge in [0.25, 0.3) is 0 Å². The summed E-state index contributed by atoms with van der Waals surface area (Å²) in [6.07, 6.45) is 4.87. The molecular weight excluding hydrogens is 196 g/mol. The van der Waals surface area contributed by atoms with Crippen LogP contribution in [-0.2, 0) is 19.9 Å². The van der Waals surface area contributed by atoms with Crippen molar-refractivity contribution in [2.24, 2.45) is 7.05 Å². The monoisotopic (exact) mass is 213 g/mol. The lowest BCUT2D eigenvalue weighted by Crippen LogP contribution is -2.37. The third-order valence-electron chi connectivity index (χ3n) is 3.72. The zero-order valence-electron chi connectivity index (χ0n) is 9.66. The van der Waals surface area contributed by atoms with Gasteiger partial charge in [-0.1, -0.05) is 12.1 Å². The maximum Gasteiger partial charge on any atom is 0.214 e. The minimum absolute atomic E-state index is 1.00. The number of anilines is 1. The molecule has 0 aliphatic heterocycles. The van der Waals surface area contributed by atoms with Crippen molar-refractivity contribution in [3.05, 3.63) is 35.5 Å². The van der Waals surface area contributed by atoms with Gasteiger partial charge in [0.2, 0.25) is 5.52 Å². The van der Waals surface area contributed by atoms with Crippen LogP contribution in [0.15, 0.2) is 24.3 Å². The van der Waals surface area contributed by atoms with Crippen LogP contribution in [-0.4, -0.2) is 0 Å². The second-order valence-corrected chi connectivity index (χ2v) is 4.62. The van der Waals surface area contributed by atoms with E-state index in [4.69, 9.17) is 5.73 Å².